The zero-order valence-corrected chi connectivity index (χ0v) is 4.83. The molecule has 1 heterocycles. The summed E-state index contributed by atoms with van der Waals surface area (Å²) in [5.41, 5.74) is -0.700. The molecule has 8 heavy (non-hydrogen) atoms. The molecule has 1 aliphatic rings. The molecule has 0 aromatic carbocycles. The highest BCUT2D eigenvalue weighted by molar-refractivity contribution is 5.69. The minimum Gasteiger partial charge on any atom is -0.384 e. The van der Waals surface area contributed by atoms with E-state index in [0.717, 1.165) is 0 Å². The Bertz CT molecular complexity index is 135. The predicted molar refractivity (Wildman–Crippen MR) is 32.9 cm³/mol. The number of nitrogens with zero attached hydrogens (tertiary/aromatic N) is 1. The van der Waals surface area contributed by atoms with Gasteiger partial charge in [-0.05, 0) is 6.92 Å². The van der Waals surface area contributed by atoms with Crippen LogP contribution in [0.5, 0.6) is 0 Å². The van der Waals surface area contributed by atoms with Crippen molar-refractivity contribution in [3.05, 3.63) is 12.3 Å². The smallest absolute Gasteiger partial charge is 0.100 e. The number of hydrogen-bond donors (Lipinski definition) is 1. The number of rotatable bonds is 0. The summed E-state index contributed by atoms with van der Waals surface area (Å²) in [4.78, 5) is 3.77. The van der Waals surface area contributed by atoms with Crippen molar-refractivity contribution in [3.8, 4) is 0 Å². The van der Waals surface area contributed by atoms with Crippen molar-refractivity contribution in [1.29, 1.82) is 0 Å². The summed E-state index contributed by atoms with van der Waals surface area (Å²) in [6.07, 6.45) is 5.77. The van der Waals surface area contributed by atoms with E-state index in [0.29, 0.717) is 6.42 Å². The Balaban J connectivity index is 2.65. The fraction of sp³-hybridized carbons (Fsp3) is 0.500. The molecule has 1 N–H and O–H groups in total. The van der Waals surface area contributed by atoms with Crippen LogP contribution in [0.2, 0.25) is 0 Å². The Labute approximate surface area is 48.6 Å². The zero-order chi connectivity index (χ0) is 6.04. The van der Waals surface area contributed by atoms with E-state index in [9.17, 15) is 5.11 Å². The average Bonchev–Trinajstić information content (AvgIpc) is 1.65. The summed E-state index contributed by atoms with van der Waals surface area (Å²) < 4.78 is 0. The number of aliphatic imine (C=N–C) groups is 1. The van der Waals surface area contributed by atoms with Crippen molar-refractivity contribution < 1.29 is 5.11 Å². The van der Waals surface area contributed by atoms with E-state index in [1.165, 1.54) is 0 Å². The van der Waals surface area contributed by atoms with E-state index in [1.807, 2.05) is 6.08 Å². The van der Waals surface area contributed by atoms with Crippen LogP contribution in [0.4, 0.5) is 0 Å². The van der Waals surface area contributed by atoms with Gasteiger partial charge in [0.25, 0.3) is 0 Å². The van der Waals surface area contributed by atoms with Gasteiger partial charge in [0.15, 0.2) is 0 Å². The topological polar surface area (TPSA) is 32.6 Å². The molecule has 0 saturated heterocycles. The van der Waals surface area contributed by atoms with E-state index in [-0.39, 0.29) is 0 Å². The van der Waals surface area contributed by atoms with Gasteiger partial charge in [-0.15, -0.1) is 0 Å². The molecule has 44 valence electrons. The second kappa shape index (κ2) is 1.71. The Kier molecular flexibility index (Phi) is 1.18. The van der Waals surface area contributed by atoms with Crippen molar-refractivity contribution in [1.82, 2.24) is 0 Å². The summed E-state index contributed by atoms with van der Waals surface area (Å²) in [6, 6.07) is 0. The fourth-order valence-corrected chi connectivity index (χ4v) is 0.608. The quantitative estimate of drug-likeness (QED) is 0.491. The zero-order valence-electron chi connectivity index (χ0n) is 4.83. The molecule has 2 heteroatoms. The summed E-state index contributed by atoms with van der Waals surface area (Å²) in [7, 11) is 0. The minimum absolute atomic E-state index is 0.677. The van der Waals surface area contributed by atoms with E-state index in [1.54, 1.807) is 19.3 Å². The van der Waals surface area contributed by atoms with Gasteiger partial charge in [0.2, 0.25) is 0 Å². The maximum atomic E-state index is 9.17. The molecule has 0 bridgehead atoms. The molecule has 0 aliphatic carbocycles. The van der Waals surface area contributed by atoms with Crippen LogP contribution in [0.1, 0.15) is 13.3 Å². The van der Waals surface area contributed by atoms with Gasteiger partial charge in [-0.1, -0.05) is 6.08 Å². The predicted octanol–water partition coefficient (Wildman–Crippen LogP) is 0.726. The largest absolute Gasteiger partial charge is 0.384 e. The third-order valence-electron chi connectivity index (χ3n) is 1.08. The second-order valence-electron chi connectivity index (χ2n) is 2.22. The van der Waals surface area contributed by atoms with Gasteiger partial charge in [0.05, 0.1) is 0 Å². The van der Waals surface area contributed by atoms with Gasteiger partial charge in [-0.3, -0.25) is 4.99 Å². The van der Waals surface area contributed by atoms with Gasteiger partial charge in [-0.2, -0.15) is 0 Å². The maximum Gasteiger partial charge on any atom is 0.100 e. The lowest BCUT2D eigenvalue weighted by Gasteiger charge is -2.16. The van der Waals surface area contributed by atoms with Crippen LogP contribution in [0.25, 0.3) is 0 Å². The molecule has 0 radical (unpaired) electrons. The lowest BCUT2D eigenvalue weighted by molar-refractivity contribution is 0.140. The van der Waals surface area contributed by atoms with Gasteiger partial charge >= 0.3 is 0 Å². The normalized spacial score (nSPS) is 35.8. The molecule has 1 atom stereocenters. The van der Waals surface area contributed by atoms with Crippen LogP contribution < -0.4 is 0 Å². The van der Waals surface area contributed by atoms with E-state index < -0.39 is 5.60 Å². The highest BCUT2D eigenvalue weighted by Gasteiger charge is 2.15. The molecule has 1 rings (SSSR count). The van der Waals surface area contributed by atoms with Crippen LogP contribution in [0.15, 0.2) is 17.3 Å². The highest BCUT2D eigenvalue weighted by Crippen LogP contribution is 2.09. The van der Waals surface area contributed by atoms with Crippen LogP contribution in [0, 0.1) is 0 Å². The maximum absolute atomic E-state index is 9.17. The van der Waals surface area contributed by atoms with Crippen molar-refractivity contribution in [2.24, 2.45) is 4.99 Å². The monoisotopic (exact) mass is 111 g/mol. The standard InChI is InChI=1S/C6H9NO/c1-6(8)3-2-4-7-5-6/h2,4-5,8H,3H2,1H3. The van der Waals surface area contributed by atoms with Crippen molar-refractivity contribution in [2.75, 3.05) is 0 Å². The van der Waals surface area contributed by atoms with Gasteiger partial charge in [-0.25, -0.2) is 0 Å². The molecule has 0 spiro atoms. The number of aliphatic hydroxyl groups is 1. The van der Waals surface area contributed by atoms with Crippen molar-refractivity contribution >= 4 is 6.21 Å². The first kappa shape index (κ1) is 5.51. The minimum atomic E-state index is -0.700. The molecule has 0 amide bonds. The molecule has 0 aromatic rings. The third-order valence-corrected chi connectivity index (χ3v) is 1.08. The van der Waals surface area contributed by atoms with Crippen LogP contribution >= 0.6 is 0 Å². The lowest BCUT2D eigenvalue weighted by atomic mass is 10.0. The van der Waals surface area contributed by atoms with Crippen LogP contribution in [-0.2, 0) is 0 Å². The Hall–Kier alpha value is -0.630. The molecule has 0 fully saturated rings. The van der Waals surface area contributed by atoms with Crippen LogP contribution in [0.3, 0.4) is 0 Å². The Morgan fingerprint density at radius 1 is 1.75 bits per heavy atom. The third kappa shape index (κ3) is 1.17. The van der Waals surface area contributed by atoms with E-state index in [4.69, 9.17) is 0 Å². The SMILES string of the molecule is CC1(O)C=NC=CC1. The van der Waals surface area contributed by atoms with Gasteiger partial charge in [0.1, 0.15) is 5.60 Å². The van der Waals surface area contributed by atoms with Crippen molar-refractivity contribution in [3.63, 3.8) is 0 Å². The molecule has 2 nitrogen and oxygen atoms in total. The summed E-state index contributed by atoms with van der Waals surface area (Å²) in [5, 5.41) is 9.17. The highest BCUT2D eigenvalue weighted by atomic mass is 16.3. The Morgan fingerprint density at radius 3 is 2.75 bits per heavy atom. The first-order valence-electron chi connectivity index (χ1n) is 2.62. The van der Waals surface area contributed by atoms with E-state index >= 15 is 0 Å². The van der Waals surface area contributed by atoms with Gasteiger partial charge < -0.3 is 5.11 Å². The molecule has 0 saturated carbocycles. The summed E-state index contributed by atoms with van der Waals surface area (Å²) >= 11 is 0. The average molecular weight is 111 g/mol. The molecule has 1 unspecified atom stereocenters. The Morgan fingerprint density at radius 2 is 2.50 bits per heavy atom. The summed E-state index contributed by atoms with van der Waals surface area (Å²) in [6.45, 7) is 1.74. The first-order chi connectivity index (χ1) is 3.71. The first-order valence-corrected chi connectivity index (χ1v) is 2.62. The second-order valence-corrected chi connectivity index (χ2v) is 2.22. The van der Waals surface area contributed by atoms with E-state index in [2.05, 4.69) is 4.99 Å². The molecule has 0 aromatic heterocycles. The summed E-state index contributed by atoms with van der Waals surface area (Å²) in [5.74, 6) is 0. The fourth-order valence-electron chi connectivity index (χ4n) is 0.608. The lowest BCUT2D eigenvalue weighted by Crippen LogP contribution is -2.25. The molecular weight excluding hydrogens is 102 g/mol. The molecular formula is C6H9NO. The van der Waals surface area contributed by atoms with Gasteiger partial charge in [0, 0.05) is 18.8 Å². The molecule has 1 aliphatic heterocycles. The number of hydrogen-bond acceptors (Lipinski definition) is 2. The van der Waals surface area contributed by atoms with Crippen molar-refractivity contribution in [2.45, 2.75) is 18.9 Å². The van der Waals surface area contributed by atoms with Crippen LogP contribution in [-0.4, -0.2) is 16.9 Å².